The molecule has 0 bridgehead atoms. The third kappa shape index (κ3) is 1.35. The topological polar surface area (TPSA) is 48.6 Å². The standard InChI is InChI=1S/C9H14N2O/c1-5(2)7-8(6(3)4)10-11-9(7)12/h6H,1H2,2-4H3,(H2,10,11,12). The minimum Gasteiger partial charge on any atom is -0.301 e. The third-order valence-electron chi connectivity index (χ3n) is 1.81. The molecule has 0 aliphatic rings. The van der Waals surface area contributed by atoms with Gasteiger partial charge < -0.3 is 5.10 Å². The van der Waals surface area contributed by atoms with Crippen molar-refractivity contribution in [3.8, 4) is 0 Å². The van der Waals surface area contributed by atoms with Gasteiger partial charge in [-0.05, 0) is 18.4 Å². The highest BCUT2D eigenvalue weighted by molar-refractivity contribution is 5.62. The smallest absolute Gasteiger partial charge is 0.271 e. The Kier molecular flexibility index (Phi) is 2.22. The third-order valence-corrected chi connectivity index (χ3v) is 1.81. The van der Waals surface area contributed by atoms with Crippen LogP contribution in [0.4, 0.5) is 0 Å². The Morgan fingerprint density at radius 1 is 1.42 bits per heavy atom. The van der Waals surface area contributed by atoms with Crippen LogP contribution in [0.2, 0.25) is 0 Å². The summed E-state index contributed by atoms with van der Waals surface area (Å²) < 4.78 is 0. The summed E-state index contributed by atoms with van der Waals surface area (Å²) in [5.41, 5.74) is 2.37. The first-order chi connectivity index (χ1) is 5.54. The summed E-state index contributed by atoms with van der Waals surface area (Å²) in [6, 6.07) is 0. The maximum atomic E-state index is 11.2. The molecule has 0 aliphatic heterocycles. The van der Waals surface area contributed by atoms with Gasteiger partial charge in [0, 0.05) is 5.69 Å². The minimum atomic E-state index is -0.0776. The molecule has 2 N–H and O–H groups in total. The summed E-state index contributed by atoms with van der Waals surface area (Å²) in [6.45, 7) is 9.67. The predicted molar refractivity (Wildman–Crippen MR) is 50.2 cm³/mol. The summed E-state index contributed by atoms with van der Waals surface area (Å²) in [6.07, 6.45) is 0. The molecule has 0 radical (unpaired) electrons. The van der Waals surface area contributed by atoms with Gasteiger partial charge in [-0.3, -0.25) is 9.89 Å². The Morgan fingerprint density at radius 2 is 2.00 bits per heavy atom. The largest absolute Gasteiger partial charge is 0.301 e. The average molecular weight is 166 g/mol. The maximum Gasteiger partial charge on any atom is 0.271 e. The van der Waals surface area contributed by atoms with Crippen LogP contribution in [0.1, 0.15) is 37.9 Å². The van der Waals surface area contributed by atoms with Crippen molar-refractivity contribution in [2.45, 2.75) is 26.7 Å². The number of rotatable bonds is 2. The summed E-state index contributed by atoms with van der Waals surface area (Å²) in [5, 5.41) is 5.42. The normalized spacial score (nSPS) is 10.7. The zero-order chi connectivity index (χ0) is 9.30. The first kappa shape index (κ1) is 8.84. The van der Waals surface area contributed by atoms with E-state index >= 15 is 0 Å². The highest BCUT2D eigenvalue weighted by Crippen LogP contribution is 2.18. The molecule has 0 aromatic carbocycles. The van der Waals surface area contributed by atoms with E-state index in [9.17, 15) is 4.79 Å². The number of nitrogens with one attached hydrogen (secondary N) is 2. The van der Waals surface area contributed by atoms with Gasteiger partial charge in [-0.15, -0.1) is 0 Å². The van der Waals surface area contributed by atoms with Gasteiger partial charge in [0.1, 0.15) is 0 Å². The molecule has 0 saturated carbocycles. The number of hydrogen-bond donors (Lipinski definition) is 2. The first-order valence-corrected chi connectivity index (χ1v) is 4.00. The summed E-state index contributed by atoms with van der Waals surface area (Å²) in [7, 11) is 0. The maximum absolute atomic E-state index is 11.2. The fraction of sp³-hybridized carbons (Fsp3) is 0.444. The van der Waals surface area contributed by atoms with Crippen LogP contribution in [-0.4, -0.2) is 10.2 Å². The number of aromatic amines is 2. The van der Waals surface area contributed by atoms with E-state index in [-0.39, 0.29) is 5.56 Å². The molecule has 0 unspecified atom stereocenters. The van der Waals surface area contributed by atoms with E-state index in [0.29, 0.717) is 11.5 Å². The second-order valence-corrected chi connectivity index (χ2v) is 3.30. The lowest BCUT2D eigenvalue weighted by Gasteiger charge is -2.03. The van der Waals surface area contributed by atoms with Gasteiger partial charge in [0.05, 0.1) is 5.56 Å². The molecule has 3 nitrogen and oxygen atoms in total. The SMILES string of the molecule is C=C(C)c1c(C(C)C)[nH][nH]c1=O. The average Bonchev–Trinajstić information content (AvgIpc) is 2.30. The zero-order valence-electron chi connectivity index (χ0n) is 7.69. The molecule has 1 aromatic heterocycles. The molecule has 0 aliphatic carbocycles. The lowest BCUT2D eigenvalue weighted by molar-refractivity contribution is 0.807. The Bertz CT molecular complexity index is 344. The van der Waals surface area contributed by atoms with Gasteiger partial charge in [-0.1, -0.05) is 20.4 Å². The lowest BCUT2D eigenvalue weighted by Crippen LogP contribution is -2.04. The molecular formula is C9H14N2O. The van der Waals surface area contributed by atoms with Gasteiger partial charge in [0.2, 0.25) is 0 Å². The Morgan fingerprint density at radius 3 is 2.33 bits per heavy atom. The number of aromatic nitrogens is 2. The van der Waals surface area contributed by atoms with E-state index in [2.05, 4.69) is 16.8 Å². The van der Waals surface area contributed by atoms with Crippen LogP contribution in [0, 0.1) is 0 Å². The van der Waals surface area contributed by atoms with E-state index in [0.717, 1.165) is 11.3 Å². The molecule has 0 fully saturated rings. The van der Waals surface area contributed by atoms with Crippen LogP contribution < -0.4 is 5.56 Å². The molecule has 1 aromatic rings. The van der Waals surface area contributed by atoms with Crippen molar-refractivity contribution in [3.05, 3.63) is 28.2 Å². The van der Waals surface area contributed by atoms with Crippen molar-refractivity contribution in [2.75, 3.05) is 0 Å². The van der Waals surface area contributed by atoms with Gasteiger partial charge >= 0.3 is 0 Å². The van der Waals surface area contributed by atoms with E-state index < -0.39 is 0 Å². The minimum absolute atomic E-state index is 0.0776. The summed E-state index contributed by atoms with van der Waals surface area (Å²) >= 11 is 0. The van der Waals surface area contributed by atoms with E-state index in [4.69, 9.17) is 0 Å². The fourth-order valence-electron chi connectivity index (χ4n) is 1.23. The molecule has 12 heavy (non-hydrogen) atoms. The Balaban J connectivity index is 3.31. The first-order valence-electron chi connectivity index (χ1n) is 4.00. The second-order valence-electron chi connectivity index (χ2n) is 3.30. The van der Waals surface area contributed by atoms with Gasteiger partial charge in [0.15, 0.2) is 0 Å². The van der Waals surface area contributed by atoms with E-state index in [1.807, 2.05) is 20.8 Å². The molecule has 1 heterocycles. The number of allylic oxidation sites excluding steroid dienone is 1. The van der Waals surface area contributed by atoms with Crippen LogP contribution in [0.15, 0.2) is 11.4 Å². The monoisotopic (exact) mass is 166 g/mol. The molecule has 1 rings (SSSR count). The molecule has 0 atom stereocenters. The molecule has 66 valence electrons. The van der Waals surface area contributed by atoms with Gasteiger partial charge in [0.25, 0.3) is 5.56 Å². The summed E-state index contributed by atoms with van der Waals surface area (Å²) in [5.74, 6) is 0.315. The van der Waals surface area contributed by atoms with Crippen molar-refractivity contribution in [2.24, 2.45) is 0 Å². The highest BCUT2D eigenvalue weighted by atomic mass is 16.1. The van der Waals surface area contributed by atoms with Crippen LogP contribution in [0.3, 0.4) is 0 Å². The van der Waals surface area contributed by atoms with Crippen molar-refractivity contribution in [3.63, 3.8) is 0 Å². The van der Waals surface area contributed by atoms with Crippen LogP contribution >= 0.6 is 0 Å². The van der Waals surface area contributed by atoms with E-state index in [1.165, 1.54) is 0 Å². The molecule has 3 heteroatoms. The predicted octanol–water partition coefficient (Wildman–Crippen LogP) is 1.86. The molecule has 0 amide bonds. The van der Waals surface area contributed by atoms with Crippen molar-refractivity contribution >= 4 is 5.57 Å². The quantitative estimate of drug-likeness (QED) is 0.692. The van der Waals surface area contributed by atoms with Crippen molar-refractivity contribution < 1.29 is 0 Å². The van der Waals surface area contributed by atoms with Crippen molar-refractivity contribution in [1.82, 2.24) is 10.2 Å². The van der Waals surface area contributed by atoms with E-state index in [1.54, 1.807) is 0 Å². The lowest BCUT2D eigenvalue weighted by atomic mass is 10.0. The highest BCUT2D eigenvalue weighted by Gasteiger charge is 2.12. The van der Waals surface area contributed by atoms with Crippen LogP contribution in [0.25, 0.3) is 5.57 Å². The number of H-pyrrole nitrogens is 2. The summed E-state index contributed by atoms with van der Waals surface area (Å²) in [4.78, 5) is 11.2. The zero-order valence-corrected chi connectivity index (χ0v) is 7.69. The second kappa shape index (κ2) is 3.01. The van der Waals surface area contributed by atoms with Gasteiger partial charge in [-0.25, -0.2) is 0 Å². The molecule has 0 spiro atoms. The molecule has 0 saturated heterocycles. The molecular weight excluding hydrogens is 152 g/mol. The Hall–Kier alpha value is -1.25. The van der Waals surface area contributed by atoms with Crippen LogP contribution in [-0.2, 0) is 0 Å². The van der Waals surface area contributed by atoms with Gasteiger partial charge in [-0.2, -0.15) is 0 Å². The van der Waals surface area contributed by atoms with Crippen molar-refractivity contribution in [1.29, 1.82) is 0 Å². The fourth-order valence-corrected chi connectivity index (χ4v) is 1.23. The Labute approximate surface area is 71.5 Å². The van der Waals surface area contributed by atoms with Crippen LogP contribution in [0.5, 0.6) is 0 Å². The number of hydrogen-bond acceptors (Lipinski definition) is 1.